The Morgan fingerprint density at radius 3 is 2.95 bits per heavy atom. The highest BCUT2D eigenvalue weighted by Gasteiger charge is 2.64. The Kier molecular flexibility index (Phi) is 6.67. The number of nitrogens with one attached hydrogen (secondary N) is 2. The second-order valence-corrected chi connectivity index (χ2v) is 12.0. The lowest BCUT2D eigenvalue weighted by atomic mass is 10.0. The van der Waals surface area contributed by atoms with Gasteiger partial charge in [-0.25, -0.2) is 22.9 Å². The lowest BCUT2D eigenvalue weighted by Gasteiger charge is -2.32. The first kappa shape index (κ1) is 25.1. The fourth-order valence-corrected chi connectivity index (χ4v) is 8.00. The molecule has 2 aromatic rings. The monoisotopic (exact) mass is 534 g/mol. The van der Waals surface area contributed by atoms with E-state index in [9.17, 15) is 18.0 Å². The number of likely N-dealkylation sites (tertiary alicyclic amines) is 1. The van der Waals surface area contributed by atoms with Gasteiger partial charge in [0.25, 0.3) is 6.43 Å². The highest BCUT2D eigenvalue weighted by Crippen LogP contribution is 2.66. The lowest BCUT2D eigenvalue weighted by Crippen LogP contribution is -2.47. The second-order valence-electron chi connectivity index (χ2n) is 10.9. The average Bonchev–Trinajstić information content (AvgIpc) is 3.40. The first-order chi connectivity index (χ1) is 17.9. The summed E-state index contributed by atoms with van der Waals surface area (Å²) in [6.45, 7) is 4.02. The van der Waals surface area contributed by atoms with Crippen molar-refractivity contribution in [1.82, 2.24) is 20.1 Å². The van der Waals surface area contributed by atoms with Gasteiger partial charge < -0.3 is 21.3 Å². The minimum Gasteiger partial charge on any atom is -0.325 e. The fraction of sp³-hybridized carbons (Fsp3) is 0.615. The van der Waals surface area contributed by atoms with E-state index >= 15 is 0 Å². The van der Waals surface area contributed by atoms with Gasteiger partial charge in [0.1, 0.15) is 10.8 Å². The molecule has 3 unspecified atom stereocenters. The van der Waals surface area contributed by atoms with Crippen LogP contribution in [0.4, 0.5) is 23.7 Å². The van der Waals surface area contributed by atoms with E-state index in [0.29, 0.717) is 31.1 Å². The van der Waals surface area contributed by atoms with E-state index in [1.165, 1.54) is 17.4 Å². The molecule has 2 bridgehead atoms. The number of urea groups is 1. The third-order valence-electron chi connectivity index (χ3n) is 8.86. The maximum absolute atomic E-state index is 13.8. The first-order valence-electron chi connectivity index (χ1n) is 13.2. The second kappa shape index (κ2) is 9.83. The number of hydrogen-bond donors (Lipinski definition) is 3. The van der Waals surface area contributed by atoms with Gasteiger partial charge in [-0.15, -0.1) is 11.3 Å². The smallest absolute Gasteiger partial charge is 0.322 e. The molecule has 3 heterocycles. The van der Waals surface area contributed by atoms with Gasteiger partial charge in [-0.05, 0) is 56.2 Å². The number of nitrogens with two attached hydrogens (primary N) is 1. The Balaban J connectivity index is 1.17. The van der Waals surface area contributed by atoms with Crippen molar-refractivity contribution in [2.24, 2.45) is 11.7 Å². The summed E-state index contributed by atoms with van der Waals surface area (Å²) >= 11 is 1.67. The molecule has 2 aliphatic heterocycles. The van der Waals surface area contributed by atoms with Crippen molar-refractivity contribution in [1.29, 1.82) is 0 Å². The molecule has 1 aromatic carbocycles. The maximum atomic E-state index is 13.8. The van der Waals surface area contributed by atoms with E-state index in [0.717, 1.165) is 62.5 Å². The van der Waals surface area contributed by atoms with Crippen LogP contribution in [0.2, 0.25) is 0 Å². The summed E-state index contributed by atoms with van der Waals surface area (Å²) in [6, 6.07) is 4.26. The van der Waals surface area contributed by atoms with Crippen molar-refractivity contribution < 1.29 is 18.0 Å². The van der Waals surface area contributed by atoms with Gasteiger partial charge in [0.2, 0.25) is 0 Å². The van der Waals surface area contributed by atoms with E-state index in [1.54, 1.807) is 11.3 Å². The molecule has 4 fully saturated rings. The van der Waals surface area contributed by atoms with Crippen LogP contribution in [-0.4, -0.2) is 65.1 Å². The fourth-order valence-electron chi connectivity index (χ4n) is 6.91. The number of fused-ring (bicyclic) bond motifs is 3. The molecule has 2 saturated carbocycles. The normalized spacial score (nSPS) is 30.2. The highest BCUT2D eigenvalue weighted by molar-refractivity contribution is 7.11. The van der Waals surface area contributed by atoms with E-state index in [1.807, 2.05) is 11.1 Å². The number of aromatic nitrogens is 1. The minimum atomic E-state index is -2.95. The first-order valence-corrected chi connectivity index (χ1v) is 14.0. The summed E-state index contributed by atoms with van der Waals surface area (Å²) < 4.78 is 40.3. The Bertz CT molecular complexity index is 1160. The number of hydrogen-bond acceptors (Lipinski definition) is 6. The molecule has 2 amide bonds. The number of amides is 2. The van der Waals surface area contributed by atoms with Crippen LogP contribution in [0.25, 0.3) is 0 Å². The summed E-state index contributed by atoms with van der Waals surface area (Å²) in [4.78, 5) is 23.7. The molecule has 4 aliphatic rings. The van der Waals surface area contributed by atoms with E-state index in [-0.39, 0.29) is 23.2 Å². The van der Waals surface area contributed by atoms with Crippen LogP contribution in [0, 0.1) is 11.7 Å². The van der Waals surface area contributed by atoms with E-state index in [4.69, 9.17) is 5.73 Å². The van der Waals surface area contributed by atoms with Gasteiger partial charge in [-0.1, -0.05) is 0 Å². The van der Waals surface area contributed by atoms with Crippen LogP contribution < -0.4 is 16.4 Å². The van der Waals surface area contributed by atoms with E-state index < -0.39 is 17.8 Å². The predicted molar refractivity (Wildman–Crippen MR) is 136 cm³/mol. The molecule has 6 rings (SSSR count). The van der Waals surface area contributed by atoms with Gasteiger partial charge in [0, 0.05) is 73.0 Å². The Labute approximate surface area is 218 Å². The number of benzene rings is 1. The van der Waals surface area contributed by atoms with Crippen molar-refractivity contribution >= 4 is 23.1 Å². The number of piperazine rings is 1. The summed E-state index contributed by atoms with van der Waals surface area (Å²) in [5, 5.41) is 7.23. The largest absolute Gasteiger partial charge is 0.325 e. The molecule has 37 heavy (non-hydrogen) atoms. The van der Waals surface area contributed by atoms with Gasteiger partial charge in [0.15, 0.2) is 0 Å². The van der Waals surface area contributed by atoms with Crippen LogP contribution in [-0.2, 0) is 12.0 Å². The van der Waals surface area contributed by atoms with E-state index in [2.05, 4.69) is 20.5 Å². The van der Waals surface area contributed by atoms with Crippen LogP contribution in [0.5, 0.6) is 0 Å². The van der Waals surface area contributed by atoms with Crippen LogP contribution in [0.15, 0.2) is 24.4 Å². The summed E-state index contributed by atoms with van der Waals surface area (Å²) in [7, 11) is 0. The van der Waals surface area contributed by atoms with Crippen LogP contribution >= 0.6 is 11.3 Å². The number of carbonyl (C=O) groups excluding carboxylic acids is 1. The molecular formula is C26H33F3N6OS. The topological polar surface area (TPSA) is 86.5 Å². The molecule has 0 spiro atoms. The summed E-state index contributed by atoms with van der Waals surface area (Å²) in [5.74, 6) is -0.625. The van der Waals surface area contributed by atoms with Gasteiger partial charge in [0.05, 0.1) is 5.56 Å². The standard InChI is InChI=1S/C26H33F3N6OS/c27-20-3-2-15(9-18(20)24(28)29)33-25(36)35(7-1-6-34-14-16-8-17(34)12-31-16)21-4-5-26(10-19(21)26)22-13-32-23(11-30)37-22/h2-3,9,13,16-17,19,21,24,31H,1,4-8,10-12,14,30H2,(H,33,36)/t16?,17?,19?,21-,26+/m1/s1. The molecule has 200 valence electrons. The number of nitrogens with zero attached hydrogens (tertiary/aromatic N) is 3. The predicted octanol–water partition coefficient (Wildman–Crippen LogP) is 4.07. The van der Waals surface area contributed by atoms with Crippen LogP contribution in [0.1, 0.15) is 54.0 Å². The van der Waals surface area contributed by atoms with Crippen molar-refractivity contribution in [2.75, 3.05) is 31.5 Å². The van der Waals surface area contributed by atoms with Crippen molar-refractivity contribution in [3.63, 3.8) is 0 Å². The molecule has 0 radical (unpaired) electrons. The molecule has 7 nitrogen and oxygen atoms in total. The Morgan fingerprint density at radius 2 is 2.27 bits per heavy atom. The summed E-state index contributed by atoms with van der Waals surface area (Å²) in [6.07, 6.45) is 3.92. The quantitative estimate of drug-likeness (QED) is 0.452. The van der Waals surface area contributed by atoms with Crippen LogP contribution in [0.3, 0.4) is 0 Å². The van der Waals surface area contributed by atoms with Crippen molar-refractivity contribution in [2.45, 2.75) is 68.6 Å². The summed E-state index contributed by atoms with van der Waals surface area (Å²) in [5.41, 5.74) is 5.33. The van der Waals surface area contributed by atoms with Gasteiger partial charge in [-0.2, -0.15) is 0 Å². The number of rotatable bonds is 9. The Hall–Kier alpha value is -2.21. The number of thiazole rings is 1. The third-order valence-corrected chi connectivity index (χ3v) is 10.1. The third kappa shape index (κ3) is 4.64. The SMILES string of the molecule is NCc1ncc([C@]23CC[C@@H](N(CCCN4CC5CC4CN5)C(=O)Nc4ccc(F)c(C(F)F)c4)C2C3)s1. The molecule has 2 saturated heterocycles. The van der Waals surface area contributed by atoms with Crippen molar-refractivity contribution in [3.8, 4) is 0 Å². The lowest BCUT2D eigenvalue weighted by molar-refractivity contribution is 0.146. The van der Waals surface area contributed by atoms with Crippen molar-refractivity contribution in [3.05, 3.63) is 45.7 Å². The number of alkyl halides is 2. The minimum absolute atomic E-state index is 0.0623. The maximum Gasteiger partial charge on any atom is 0.322 e. The molecule has 2 aliphatic carbocycles. The molecule has 5 atom stereocenters. The average molecular weight is 535 g/mol. The zero-order chi connectivity index (χ0) is 25.7. The number of anilines is 1. The zero-order valence-electron chi connectivity index (χ0n) is 20.6. The molecule has 1 aromatic heterocycles. The number of halogens is 3. The number of carbonyl (C=O) groups is 1. The Morgan fingerprint density at radius 1 is 1.41 bits per heavy atom. The molecule has 4 N–H and O–H groups in total. The zero-order valence-corrected chi connectivity index (χ0v) is 21.5. The highest BCUT2D eigenvalue weighted by atomic mass is 32.1. The van der Waals surface area contributed by atoms with Gasteiger partial charge >= 0.3 is 6.03 Å². The molecular weight excluding hydrogens is 501 g/mol. The van der Waals surface area contributed by atoms with Gasteiger partial charge in [-0.3, -0.25) is 4.90 Å². The molecule has 11 heteroatoms.